The molecule has 0 aliphatic heterocycles. The molecule has 0 aliphatic rings. The van der Waals surface area contributed by atoms with E-state index in [-0.39, 0.29) is 38.4 Å². The summed E-state index contributed by atoms with van der Waals surface area (Å²) in [5.74, 6) is -2.65. The number of hydrogen-bond donors (Lipinski definition) is 2. The van der Waals surface area contributed by atoms with Gasteiger partial charge in [0.2, 0.25) is 11.8 Å². The third kappa shape index (κ3) is 10.4. The smallest absolute Gasteiger partial charge is 0.328 e. The summed E-state index contributed by atoms with van der Waals surface area (Å²) >= 11 is 0. The lowest BCUT2D eigenvalue weighted by atomic mass is 10.0. The van der Waals surface area contributed by atoms with Gasteiger partial charge in [-0.15, -0.1) is 0 Å². The maximum absolute atomic E-state index is 13.0. The summed E-state index contributed by atoms with van der Waals surface area (Å²) in [7, 11) is 0. The van der Waals surface area contributed by atoms with Crippen molar-refractivity contribution in [2.45, 2.75) is 71.9 Å². The van der Waals surface area contributed by atoms with Gasteiger partial charge >= 0.3 is 11.9 Å². The van der Waals surface area contributed by atoms with E-state index in [9.17, 15) is 19.2 Å². The van der Waals surface area contributed by atoms with Gasteiger partial charge in [-0.3, -0.25) is 14.4 Å². The Morgan fingerprint density at radius 3 is 2.25 bits per heavy atom. The largest absolute Gasteiger partial charge is 0.466 e. The van der Waals surface area contributed by atoms with Crippen LogP contribution in [0.5, 0.6) is 0 Å². The maximum Gasteiger partial charge on any atom is 0.328 e. The molecule has 2 N–H and O–H groups in total. The lowest BCUT2D eigenvalue weighted by Gasteiger charge is -2.24. The molecule has 32 heavy (non-hydrogen) atoms. The highest BCUT2D eigenvalue weighted by molar-refractivity contribution is 5.91. The van der Waals surface area contributed by atoms with Crippen LogP contribution in [-0.4, -0.2) is 49.1 Å². The van der Waals surface area contributed by atoms with Gasteiger partial charge in [0.1, 0.15) is 12.1 Å². The van der Waals surface area contributed by atoms with Gasteiger partial charge < -0.3 is 20.1 Å². The fourth-order valence-electron chi connectivity index (χ4n) is 3.06. The summed E-state index contributed by atoms with van der Waals surface area (Å²) in [5, 5.41) is 3.26. The van der Waals surface area contributed by atoms with Crippen LogP contribution in [0.25, 0.3) is 0 Å². The number of rotatable bonds is 14. The van der Waals surface area contributed by atoms with Crippen molar-refractivity contribution in [2.24, 2.45) is 5.92 Å². The summed E-state index contributed by atoms with van der Waals surface area (Å²) in [6, 6.07) is 7.54. The van der Waals surface area contributed by atoms with E-state index in [1.54, 1.807) is 27.7 Å². The van der Waals surface area contributed by atoms with E-state index in [4.69, 9.17) is 10.9 Å². The second-order valence-corrected chi connectivity index (χ2v) is 7.71. The van der Waals surface area contributed by atoms with Crippen LogP contribution < -0.4 is 10.6 Å². The number of amides is 2. The van der Waals surface area contributed by atoms with E-state index in [1.165, 1.54) is 0 Å². The van der Waals surface area contributed by atoms with Crippen molar-refractivity contribution >= 4 is 23.8 Å². The van der Waals surface area contributed by atoms with Crippen LogP contribution in [0.4, 0.5) is 0 Å². The molecule has 8 heteroatoms. The van der Waals surface area contributed by atoms with Crippen LogP contribution in [-0.2, 0) is 35.1 Å². The van der Waals surface area contributed by atoms with Gasteiger partial charge in [-0.2, -0.15) is 0 Å². The minimum atomic E-state index is -1.09. The number of nitrogens with one attached hydrogen (secondary N) is 2. The van der Waals surface area contributed by atoms with Gasteiger partial charge in [0.05, 0.1) is 13.2 Å². The Kier molecular flexibility index (Phi) is 11.9. The fourth-order valence-corrected chi connectivity index (χ4v) is 3.06. The number of benzene rings is 1. The molecule has 0 bridgehead atoms. The van der Waals surface area contributed by atoms with Crippen LogP contribution >= 0.6 is 0 Å². The highest BCUT2D eigenvalue weighted by atomic mass is 16.5. The van der Waals surface area contributed by atoms with Crippen molar-refractivity contribution in [3.8, 4) is 0 Å². The Morgan fingerprint density at radius 2 is 1.66 bits per heavy atom. The molecule has 2 atom stereocenters. The Balaban J connectivity index is 2.77. The number of hydrogen-bond acceptors (Lipinski definition) is 6. The zero-order valence-electron chi connectivity index (χ0n) is 20.5. The van der Waals surface area contributed by atoms with Gasteiger partial charge in [-0.25, -0.2) is 4.79 Å². The summed E-state index contributed by atoms with van der Waals surface area (Å²) < 4.78 is 18.2. The molecule has 1 aromatic carbocycles. The molecular weight excluding hydrogens is 412 g/mol. The van der Waals surface area contributed by atoms with E-state index in [2.05, 4.69) is 5.32 Å². The van der Waals surface area contributed by atoms with Crippen LogP contribution in [0.3, 0.4) is 0 Å². The van der Waals surface area contributed by atoms with Gasteiger partial charge in [0, 0.05) is 12.8 Å². The first-order valence-electron chi connectivity index (χ1n) is 11.6. The summed E-state index contributed by atoms with van der Waals surface area (Å²) in [4.78, 5) is 49.6. The third-order valence-corrected chi connectivity index (χ3v) is 4.71. The lowest BCUT2D eigenvalue weighted by Crippen LogP contribution is -2.54. The van der Waals surface area contributed by atoms with E-state index in [0.717, 1.165) is 5.56 Å². The zero-order chi connectivity index (χ0) is 24.8. The summed E-state index contributed by atoms with van der Waals surface area (Å²) in [6.45, 7) is 7.09. The van der Waals surface area contributed by atoms with Crippen molar-refractivity contribution in [3.63, 3.8) is 0 Å². The number of ether oxygens (including phenoxy) is 2. The first-order chi connectivity index (χ1) is 15.7. The molecular formula is C24H36N2O6. The second kappa shape index (κ2) is 15.0. The molecule has 0 unspecified atom stereocenters. The van der Waals surface area contributed by atoms with Crippen molar-refractivity contribution in [1.29, 1.82) is 0 Å². The third-order valence-electron chi connectivity index (χ3n) is 4.71. The van der Waals surface area contributed by atoms with E-state index < -0.39 is 35.8 Å². The Hall–Kier alpha value is -2.90. The number of aryl methyl sites for hydroxylation is 1. The summed E-state index contributed by atoms with van der Waals surface area (Å²) in [5.41, 5.74) is 1.10. The maximum atomic E-state index is 13.0. The molecule has 0 saturated carbocycles. The van der Waals surface area contributed by atoms with Crippen LogP contribution in [0.15, 0.2) is 30.3 Å². The van der Waals surface area contributed by atoms with Crippen molar-refractivity contribution < 1.29 is 30.1 Å². The molecule has 178 valence electrons. The minimum absolute atomic E-state index is 0.00273. The Labute approximate surface area is 191 Å². The number of carbonyl (C=O) groups excluding carboxylic acids is 4. The normalized spacial score (nSPS) is 13.0. The second-order valence-electron chi connectivity index (χ2n) is 7.71. The van der Waals surface area contributed by atoms with Crippen LogP contribution in [0.1, 0.15) is 58.9 Å². The summed E-state index contributed by atoms with van der Waals surface area (Å²) in [6.07, 6.45) is 1.29. The molecule has 0 radical (unpaired) electrons. The lowest BCUT2D eigenvalue weighted by molar-refractivity contribution is -0.149. The number of carbonyl (C=O) groups is 4. The van der Waals surface area contributed by atoms with Crippen molar-refractivity contribution in [3.05, 3.63) is 35.9 Å². The average molecular weight is 450 g/mol. The molecule has 0 heterocycles. The standard InChI is InChI=1S/C24H36N2O6/c1-5-31-21(28)16-15-19(24(30)32-6-2)25-23(29)22(17(3)4)26-20(27)14-10-13-18-11-8-7-9-12-18/h7-9,11-12,17,19,22H,5-6,10,13-16H2,1-4H3,(H,25,29)(H,26,27)/t19-,22-/m0/s1/i/hD. The minimum Gasteiger partial charge on any atom is -0.466 e. The molecule has 0 spiro atoms. The molecule has 1 aromatic rings. The van der Waals surface area contributed by atoms with Crippen LogP contribution in [0.2, 0.25) is 1.41 Å². The Bertz CT molecular complexity index is 771. The van der Waals surface area contributed by atoms with E-state index >= 15 is 0 Å². The number of esters is 2. The first-order valence-corrected chi connectivity index (χ1v) is 11.2. The molecule has 0 saturated heterocycles. The predicted octanol–water partition coefficient (Wildman–Crippen LogP) is 2.54. The molecule has 0 aliphatic carbocycles. The van der Waals surface area contributed by atoms with Gasteiger partial charge in [-0.05, 0) is 44.6 Å². The predicted molar refractivity (Wildman–Crippen MR) is 121 cm³/mol. The van der Waals surface area contributed by atoms with Gasteiger partial charge in [0.15, 0.2) is 1.41 Å². The molecule has 8 nitrogen and oxygen atoms in total. The van der Waals surface area contributed by atoms with Crippen molar-refractivity contribution in [1.82, 2.24) is 10.6 Å². The molecule has 2 amide bonds. The molecule has 0 aromatic heterocycles. The highest BCUT2D eigenvalue weighted by Crippen LogP contribution is 2.09. The molecule has 0 fully saturated rings. The quantitative estimate of drug-likeness (QED) is 0.422. The van der Waals surface area contributed by atoms with Gasteiger partial charge in [-0.1, -0.05) is 44.2 Å². The fraction of sp³-hybridized carbons (Fsp3) is 0.583. The highest BCUT2D eigenvalue weighted by Gasteiger charge is 2.29. The monoisotopic (exact) mass is 449 g/mol. The van der Waals surface area contributed by atoms with Crippen molar-refractivity contribution in [2.75, 3.05) is 13.2 Å². The zero-order valence-corrected chi connectivity index (χ0v) is 19.5. The van der Waals surface area contributed by atoms with E-state index in [0.29, 0.717) is 18.2 Å². The average Bonchev–Trinajstić information content (AvgIpc) is 2.77. The van der Waals surface area contributed by atoms with Crippen LogP contribution in [0, 0.1) is 5.92 Å². The SMILES string of the molecule is [2H]N(C(=O)CCCc1ccccc1)[C@H](C(=O)N[C@@H](CCC(=O)OCC)C(=O)OCC)C(C)C. The topological polar surface area (TPSA) is 111 Å². The van der Waals surface area contributed by atoms with Gasteiger partial charge in [0.25, 0.3) is 0 Å². The Morgan fingerprint density at radius 1 is 1.00 bits per heavy atom. The molecule has 1 rings (SSSR count). The van der Waals surface area contributed by atoms with E-state index in [1.807, 2.05) is 30.3 Å². The first kappa shape index (κ1) is 25.4.